The van der Waals surface area contributed by atoms with E-state index in [0.29, 0.717) is 24.7 Å². The molecule has 0 radical (unpaired) electrons. The van der Waals surface area contributed by atoms with Crippen molar-refractivity contribution >= 4 is 22.5 Å². The van der Waals surface area contributed by atoms with Crippen LogP contribution in [0.15, 0.2) is 30.3 Å². The lowest BCUT2D eigenvalue weighted by atomic mass is 10.1. The van der Waals surface area contributed by atoms with Crippen LogP contribution in [0.2, 0.25) is 0 Å². The Labute approximate surface area is 124 Å². The van der Waals surface area contributed by atoms with Gasteiger partial charge in [0.1, 0.15) is 11.5 Å². The second kappa shape index (κ2) is 6.54. The molecule has 1 aromatic heterocycles. The lowest BCUT2D eigenvalue weighted by Crippen LogP contribution is -2.39. The van der Waals surface area contributed by atoms with Gasteiger partial charge in [-0.3, -0.25) is 4.79 Å². The molecule has 0 saturated heterocycles. The Balaban J connectivity index is 2.37. The summed E-state index contributed by atoms with van der Waals surface area (Å²) < 4.78 is 5.06. The average Bonchev–Trinajstić information content (AvgIpc) is 2.47. The highest BCUT2D eigenvalue weighted by Gasteiger charge is 2.20. The summed E-state index contributed by atoms with van der Waals surface area (Å²) >= 11 is 0. The lowest BCUT2D eigenvalue weighted by molar-refractivity contribution is 0.0629. The number of hydrogen-bond acceptors (Lipinski definition) is 4. The number of rotatable bonds is 5. The molecule has 0 unspecified atom stereocenters. The summed E-state index contributed by atoms with van der Waals surface area (Å²) in [4.78, 5) is 18.6. The number of methoxy groups -OCH3 is 1. The number of ether oxygens (including phenoxy) is 1. The fourth-order valence-electron chi connectivity index (χ4n) is 2.27. The van der Waals surface area contributed by atoms with Gasteiger partial charge in [-0.1, -0.05) is 24.3 Å². The number of nitrogens with two attached hydrogens (primary N) is 1. The molecule has 2 aromatic rings. The van der Waals surface area contributed by atoms with E-state index in [1.165, 1.54) is 0 Å². The number of anilines is 1. The molecule has 0 aliphatic heterocycles. The van der Waals surface area contributed by atoms with E-state index >= 15 is 0 Å². The van der Waals surface area contributed by atoms with Crippen molar-refractivity contribution in [2.45, 2.75) is 19.9 Å². The van der Waals surface area contributed by atoms with E-state index in [-0.39, 0.29) is 11.9 Å². The molecule has 1 amide bonds. The third-order valence-corrected chi connectivity index (χ3v) is 3.41. The topological polar surface area (TPSA) is 68.5 Å². The first kappa shape index (κ1) is 15.3. The van der Waals surface area contributed by atoms with Crippen LogP contribution in [-0.4, -0.2) is 42.1 Å². The molecule has 1 aromatic carbocycles. The molecule has 2 N–H and O–H groups in total. The van der Waals surface area contributed by atoms with Gasteiger partial charge in [0, 0.05) is 25.1 Å². The summed E-state index contributed by atoms with van der Waals surface area (Å²) in [5.74, 6) is 0.256. The predicted molar refractivity (Wildman–Crippen MR) is 84.2 cm³/mol. The van der Waals surface area contributed by atoms with Crippen LogP contribution in [0.3, 0.4) is 0 Å². The first-order valence-corrected chi connectivity index (χ1v) is 6.99. The van der Waals surface area contributed by atoms with Crippen molar-refractivity contribution in [3.05, 3.63) is 36.0 Å². The highest BCUT2D eigenvalue weighted by atomic mass is 16.5. The van der Waals surface area contributed by atoms with E-state index in [9.17, 15) is 4.79 Å². The maximum absolute atomic E-state index is 12.6. The molecule has 112 valence electrons. The number of fused-ring (bicyclic) bond motifs is 1. The zero-order valence-corrected chi connectivity index (χ0v) is 12.7. The van der Waals surface area contributed by atoms with Crippen molar-refractivity contribution in [1.29, 1.82) is 0 Å². The van der Waals surface area contributed by atoms with Crippen molar-refractivity contribution in [3.63, 3.8) is 0 Å². The Morgan fingerprint density at radius 1 is 1.38 bits per heavy atom. The Hall–Kier alpha value is -2.14. The lowest BCUT2D eigenvalue weighted by Gasteiger charge is -2.26. The zero-order valence-electron chi connectivity index (χ0n) is 12.7. The number of nitrogens with zero attached hydrogens (tertiary/aromatic N) is 2. The number of carbonyl (C=O) groups excluding carboxylic acids is 1. The van der Waals surface area contributed by atoms with Gasteiger partial charge in [0.2, 0.25) is 0 Å². The van der Waals surface area contributed by atoms with Crippen molar-refractivity contribution in [2.24, 2.45) is 0 Å². The first-order chi connectivity index (χ1) is 10.0. The zero-order chi connectivity index (χ0) is 15.4. The van der Waals surface area contributed by atoms with Crippen LogP contribution in [0.5, 0.6) is 0 Å². The number of nitrogen functional groups attached to an aromatic ring is 1. The second-order valence-electron chi connectivity index (χ2n) is 5.20. The largest absolute Gasteiger partial charge is 0.383 e. The molecular weight excluding hydrogens is 266 g/mol. The number of aromatic nitrogens is 1. The third kappa shape index (κ3) is 3.31. The van der Waals surface area contributed by atoms with Crippen LogP contribution < -0.4 is 5.73 Å². The summed E-state index contributed by atoms with van der Waals surface area (Å²) in [6.45, 7) is 4.96. The van der Waals surface area contributed by atoms with Crippen LogP contribution in [0, 0.1) is 0 Å². The Kier molecular flexibility index (Phi) is 4.75. The molecule has 2 rings (SSSR count). The van der Waals surface area contributed by atoms with E-state index in [2.05, 4.69) is 4.98 Å². The maximum Gasteiger partial charge on any atom is 0.272 e. The van der Waals surface area contributed by atoms with Crippen LogP contribution in [0.25, 0.3) is 10.8 Å². The quantitative estimate of drug-likeness (QED) is 0.916. The summed E-state index contributed by atoms with van der Waals surface area (Å²) in [7, 11) is 1.62. The molecule has 0 aliphatic carbocycles. The Morgan fingerprint density at radius 2 is 2.10 bits per heavy atom. The molecule has 5 nitrogen and oxygen atoms in total. The molecule has 0 saturated carbocycles. The number of hydrogen-bond donors (Lipinski definition) is 1. The van der Waals surface area contributed by atoms with Crippen molar-refractivity contribution < 1.29 is 9.53 Å². The normalized spacial score (nSPS) is 11.0. The summed E-state index contributed by atoms with van der Waals surface area (Å²) in [6.07, 6.45) is 0. The van der Waals surface area contributed by atoms with E-state index in [1.54, 1.807) is 18.1 Å². The van der Waals surface area contributed by atoms with Crippen LogP contribution in [0.4, 0.5) is 5.82 Å². The van der Waals surface area contributed by atoms with Gasteiger partial charge in [0.25, 0.3) is 5.91 Å². The summed E-state index contributed by atoms with van der Waals surface area (Å²) in [5, 5.41) is 1.78. The Bertz CT molecular complexity index is 640. The second-order valence-corrected chi connectivity index (χ2v) is 5.20. The Morgan fingerprint density at radius 3 is 2.76 bits per heavy atom. The minimum atomic E-state index is -0.125. The number of carbonyl (C=O) groups is 1. The predicted octanol–water partition coefficient (Wildman–Crippen LogP) is 2.31. The van der Waals surface area contributed by atoms with E-state index in [4.69, 9.17) is 10.5 Å². The van der Waals surface area contributed by atoms with Crippen molar-refractivity contribution in [1.82, 2.24) is 9.88 Å². The summed E-state index contributed by atoms with van der Waals surface area (Å²) in [5.41, 5.74) is 6.34. The number of benzene rings is 1. The molecule has 5 heteroatoms. The molecule has 0 bridgehead atoms. The standard InChI is InChI=1S/C16H21N3O2/c1-11(2)19(8-9-21-3)16(20)14-10-12-6-4-5-7-13(12)15(17)18-14/h4-7,10-11H,8-9H2,1-3H3,(H2,17,18). The molecule has 0 spiro atoms. The highest BCUT2D eigenvalue weighted by Crippen LogP contribution is 2.21. The van der Waals surface area contributed by atoms with E-state index in [1.807, 2.05) is 38.1 Å². The van der Waals surface area contributed by atoms with Gasteiger partial charge in [-0.15, -0.1) is 0 Å². The van der Waals surface area contributed by atoms with Crippen LogP contribution in [0.1, 0.15) is 24.3 Å². The number of pyridine rings is 1. The van der Waals surface area contributed by atoms with Gasteiger partial charge in [-0.2, -0.15) is 0 Å². The number of amides is 1. The van der Waals surface area contributed by atoms with Gasteiger partial charge < -0.3 is 15.4 Å². The fourth-order valence-corrected chi connectivity index (χ4v) is 2.27. The van der Waals surface area contributed by atoms with Crippen LogP contribution in [-0.2, 0) is 4.74 Å². The van der Waals surface area contributed by atoms with Gasteiger partial charge in [0.05, 0.1) is 6.61 Å². The van der Waals surface area contributed by atoms with Gasteiger partial charge in [-0.05, 0) is 25.3 Å². The van der Waals surface area contributed by atoms with E-state index < -0.39 is 0 Å². The van der Waals surface area contributed by atoms with Crippen LogP contribution >= 0.6 is 0 Å². The third-order valence-electron chi connectivity index (χ3n) is 3.41. The molecule has 0 aliphatic rings. The fraction of sp³-hybridized carbons (Fsp3) is 0.375. The van der Waals surface area contributed by atoms with Gasteiger partial charge in [0.15, 0.2) is 0 Å². The molecule has 1 heterocycles. The SMILES string of the molecule is COCCN(C(=O)c1cc2ccccc2c(N)n1)C(C)C. The van der Waals surface area contributed by atoms with E-state index in [0.717, 1.165) is 10.8 Å². The minimum Gasteiger partial charge on any atom is -0.383 e. The smallest absolute Gasteiger partial charge is 0.272 e. The van der Waals surface area contributed by atoms with Crippen molar-refractivity contribution in [2.75, 3.05) is 26.0 Å². The van der Waals surface area contributed by atoms with Gasteiger partial charge in [-0.25, -0.2) is 4.98 Å². The maximum atomic E-state index is 12.6. The van der Waals surface area contributed by atoms with Crippen molar-refractivity contribution in [3.8, 4) is 0 Å². The highest BCUT2D eigenvalue weighted by molar-refractivity contribution is 5.99. The molecule has 0 fully saturated rings. The molecule has 21 heavy (non-hydrogen) atoms. The molecular formula is C16H21N3O2. The summed E-state index contributed by atoms with van der Waals surface area (Å²) in [6, 6.07) is 9.51. The first-order valence-electron chi connectivity index (χ1n) is 6.99. The minimum absolute atomic E-state index is 0.0714. The average molecular weight is 287 g/mol. The van der Waals surface area contributed by atoms with Gasteiger partial charge >= 0.3 is 0 Å². The molecule has 0 atom stereocenters. The monoisotopic (exact) mass is 287 g/mol.